The Morgan fingerprint density at radius 3 is 2.74 bits per heavy atom. The van der Waals surface area contributed by atoms with E-state index in [4.69, 9.17) is 4.99 Å². The molecule has 0 bridgehead atoms. The molecule has 2 N–H and O–H groups in total. The summed E-state index contributed by atoms with van der Waals surface area (Å²) in [4.78, 5) is 18.3. The van der Waals surface area contributed by atoms with E-state index >= 15 is 0 Å². The molecule has 6 nitrogen and oxygen atoms in total. The molecular weight excluding hydrogens is 384 g/mol. The lowest BCUT2D eigenvalue weighted by Gasteiger charge is -2.36. The molecule has 6 rings (SSSR count). The van der Waals surface area contributed by atoms with E-state index in [9.17, 15) is 0 Å². The van der Waals surface area contributed by atoms with Gasteiger partial charge in [0.2, 0.25) is 0 Å². The highest BCUT2D eigenvalue weighted by molar-refractivity contribution is 5.95. The lowest BCUT2D eigenvalue weighted by molar-refractivity contribution is 0.122. The van der Waals surface area contributed by atoms with Gasteiger partial charge < -0.3 is 15.2 Å². The maximum Gasteiger partial charge on any atom is 0.146 e. The molecule has 31 heavy (non-hydrogen) atoms. The zero-order valence-corrected chi connectivity index (χ0v) is 18.3. The highest BCUT2D eigenvalue weighted by atomic mass is 15.2. The van der Waals surface area contributed by atoms with Crippen LogP contribution >= 0.6 is 0 Å². The topological polar surface area (TPSA) is 59.0 Å². The first-order valence-corrected chi connectivity index (χ1v) is 11.9. The SMILES string of the molecule is CC1=NC2C(c3cc4cc(CN5CCC(N6CCCC6)CC5)ccc4[nH]3)=CC=NC2N1. The van der Waals surface area contributed by atoms with Crippen LogP contribution in [0, 0.1) is 0 Å². The first-order valence-electron chi connectivity index (χ1n) is 11.9. The second-order valence-corrected chi connectivity index (χ2v) is 9.52. The van der Waals surface area contributed by atoms with Crippen LogP contribution in [-0.2, 0) is 6.54 Å². The number of allylic oxidation sites excluding steroid dienone is 1. The van der Waals surface area contributed by atoms with E-state index in [-0.39, 0.29) is 12.2 Å². The molecule has 4 aliphatic rings. The van der Waals surface area contributed by atoms with Gasteiger partial charge in [0.1, 0.15) is 12.2 Å². The third-order valence-corrected chi connectivity index (χ3v) is 7.42. The summed E-state index contributed by atoms with van der Waals surface area (Å²) in [5.41, 5.74) is 4.97. The molecule has 4 aliphatic heterocycles. The molecule has 162 valence electrons. The van der Waals surface area contributed by atoms with Crippen LogP contribution in [0.3, 0.4) is 0 Å². The summed E-state index contributed by atoms with van der Waals surface area (Å²) in [6.45, 7) is 8.14. The van der Waals surface area contributed by atoms with Crippen molar-refractivity contribution in [1.29, 1.82) is 0 Å². The molecule has 0 aliphatic carbocycles. The van der Waals surface area contributed by atoms with Crippen LogP contribution < -0.4 is 5.32 Å². The number of hydrogen-bond donors (Lipinski definition) is 2. The van der Waals surface area contributed by atoms with Gasteiger partial charge in [0.05, 0.1) is 5.84 Å². The number of hydrogen-bond acceptors (Lipinski definition) is 5. The number of amidine groups is 1. The Labute approximate surface area is 184 Å². The molecule has 2 aromatic rings. The van der Waals surface area contributed by atoms with Crippen molar-refractivity contribution in [3.05, 3.63) is 41.6 Å². The van der Waals surface area contributed by atoms with Crippen LogP contribution in [0.2, 0.25) is 0 Å². The van der Waals surface area contributed by atoms with Crippen LogP contribution in [-0.4, -0.2) is 71.3 Å². The number of rotatable bonds is 4. The molecule has 0 spiro atoms. The average Bonchev–Trinajstić information content (AvgIpc) is 3.52. The predicted octanol–water partition coefficient (Wildman–Crippen LogP) is 3.41. The van der Waals surface area contributed by atoms with Gasteiger partial charge in [-0.1, -0.05) is 6.07 Å². The van der Waals surface area contributed by atoms with E-state index in [0.717, 1.165) is 24.1 Å². The molecule has 0 amide bonds. The van der Waals surface area contributed by atoms with Crippen molar-refractivity contribution in [2.24, 2.45) is 9.98 Å². The summed E-state index contributed by atoms with van der Waals surface area (Å²) in [6.07, 6.45) is 9.47. The average molecular weight is 417 g/mol. The van der Waals surface area contributed by atoms with Crippen LogP contribution in [0.4, 0.5) is 0 Å². The summed E-state index contributed by atoms with van der Waals surface area (Å²) in [5.74, 6) is 0.965. The van der Waals surface area contributed by atoms with Crippen molar-refractivity contribution in [1.82, 2.24) is 20.1 Å². The van der Waals surface area contributed by atoms with Crippen molar-refractivity contribution >= 4 is 28.5 Å². The molecule has 0 radical (unpaired) electrons. The molecule has 2 atom stereocenters. The van der Waals surface area contributed by atoms with Gasteiger partial charge in [-0.25, -0.2) is 0 Å². The minimum atomic E-state index is 0.0328. The van der Waals surface area contributed by atoms with E-state index in [2.05, 4.69) is 55.4 Å². The Morgan fingerprint density at radius 2 is 1.90 bits per heavy atom. The maximum atomic E-state index is 4.76. The Morgan fingerprint density at radius 1 is 1.06 bits per heavy atom. The zero-order valence-electron chi connectivity index (χ0n) is 18.3. The number of nitrogens with one attached hydrogen (secondary N) is 2. The summed E-state index contributed by atoms with van der Waals surface area (Å²) in [7, 11) is 0. The van der Waals surface area contributed by atoms with Gasteiger partial charge in [0, 0.05) is 41.0 Å². The molecule has 0 saturated carbocycles. The highest BCUT2D eigenvalue weighted by Crippen LogP contribution is 2.31. The fraction of sp³-hybridized carbons (Fsp3) is 0.520. The summed E-state index contributed by atoms with van der Waals surface area (Å²) in [5, 5.41) is 4.64. The van der Waals surface area contributed by atoms with Crippen LogP contribution in [0.15, 0.2) is 40.3 Å². The predicted molar refractivity (Wildman–Crippen MR) is 128 cm³/mol. The van der Waals surface area contributed by atoms with Gasteiger partial charge in [0.15, 0.2) is 0 Å². The van der Waals surface area contributed by atoms with Crippen molar-refractivity contribution in [2.45, 2.75) is 57.4 Å². The largest absolute Gasteiger partial charge is 0.355 e. The number of piperidine rings is 1. The van der Waals surface area contributed by atoms with Crippen LogP contribution in [0.25, 0.3) is 16.5 Å². The Kier molecular flexibility index (Phi) is 4.92. The number of dihydropyridines is 1. The van der Waals surface area contributed by atoms with Crippen molar-refractivity contribution in [3.63, 3.8) is 0 Å². The number of benzene rings is 1. The minimum Gasteiger partial charge on any atom is -0.355 e. The minimum absolute atomic E-state index is 0.0328. The van der Waals surface area contributed by atoms with Gasteiger partial charge in [-0.3, -0.25) is 14.9 Å². The first kappa shape index (κ1) is 19.3. The molecule has 2 fully saturated rings. The number of aliphatic imine (C=N–C) groups is 2. The summed E-state index contributed by atoms with van der Waals surface area (Å²) >= 11 is 0. The lowest BCUT2D eigenvalue weighted by atomic mass is 10.00. The molecule has 5 heterocycles. The molecule has 1 aromatic carbocycles. The van der Waals surface area contributed by atoms with Crippen LogP contribution in [0.5, 0.6) is 0 Å². The monoisotopic (exact) mass is 416 g/mol. The van der Waals surface area contributed by atoms with Gasteiger partial charge in [-0.15, -0.1) is 0 Å². The normalized spacial score (nSPS) is 27.4. The van der Waals surface area contributed by atoms with Crippen molar-refractivity contribution in [2.75, 3.05) is 26.2 Å². The van der Waals surface area contributed by atoms with Gasteiger partial charge in [0.25, 0.3) is 0 Å². The van der Waals surface area contributed by atoms with E-state index in [1.54, 1.807) is 0 Å². The summed E-state index contributed by atoms with van der Waals surface area (Å²) in [6, 6.07) is 10.0. The maximum absolute atomic E-state index is 4.76. The van der Waals surface area contributed by atoms with Crippen molar-refractivity contribution < 1.29 is 0 Å². The van der Waals surface area contributed by atoms with Gasteiger partial charge >= 0.3 is 0 Å². The fourth-order valence-electron chi connectivity index (χ4n) is 5.78. The Balaban J connectivity index is 1.15. The molecular formula is C25H32N6. The smallest absolute Gasteiger partial charge is 0.146 e. The highest BCUT2D eigenvalue weighted by Gasteiger charge is 2.32. The van der Waals surface area contributed by atoms with E-state index < -0.39 is 0 Å². The molecule has 6 heteroatoms. The number of aromatic amines is 1. The van der Waals surface area contributed by atoms with Crippen molar-refractivity contribution in [3.8, 4) is 0 Å². The Bertz CT molecular complexity index is 1050. The quantitative estimate of drug-likeness (QED) is 0.803. The number of fused-ring (bicyclic) bond motifs is 2. The van der Waals surface area contributed by atoms with E-state index in [1.165, 1.54) is 73.9 Å². The first-order chi connectivity index (χ1) is 15.2. The number of H-pyrrole nitrogens is 1. The molecule has 2 saturated heterocycles. The third kappa shape index (κ3) is 3.72. The molecule has 1 aromatic heterocycles. The second kappa shape index (κ2) is 7.92. The van der Waals surface area contributed by atoms with Gasteiger partial charge in [-0.05, 0) is 88.6 Å². The number of likely N-dealkylation sites (tertiary alicyclic amines) is 2. The lowest BCUT2D eigenvalue weighted by Crippen LogP contribution is -2.43. The third-order valence-electron chi connectivity index (χ3n) is 7.42. The fourth-order valence-corrected chi connectivity index (χ4v) is 5.78. The second-order valence-electron chi connectivity index (χ2n) is 9.52. The summed E-state index contributed by atoms with van der Waals surface area (Å²) < 4.78 is 0. The molecule has 2 unspecified atom stereocenters. The Hall–Kier alpha value is -2.44. The standard InChI is InChI=1S/C25H32N6/c1-17-27-24-21(6-9-26-25(24)28-17)23-15-19-14-18(4-5-22(19)29-23)16-30-12-7-20(8-13-30)31-10-2-3-11-31/h4-6,9,14-15,20,24-25,29H,2-3,7-8,10-13,16H2,1H3,(H,27,28). The number of aromatic nitrogens is 1. The van der Waals surface area contributed by atoms with E-state index in [0.29, 0.717) is 0 Å². The van der Waals surface area contributed by atoms with Crippen LogP contribution in [0.1, 0.15) is 43.9 Å². The number of nitrogens with zero attached hydrogens (tertiary/aromatic N) is 4. The van der Waals surface area contributed by atoms with Gasteiger partial charge in [-0.2, -0.15) is 0 Å². The zero-order chi connectivity index (χ0) is 20.8. The van der Waals surface area contributed by atoms with E-state index in [1.807, 2.05) is 13.1 Å².